The van der Waals surface area contributed by atoms with E-state index in [1.54, 1.807) is 0 Å². The molecule has 0 radical (unpaired) electrons. The van der Waals surface area contributed by atoms with Gasteiger partial charge in [0.05, 0.1) is 26.6 Å². The first-order valence-corrected chi connectivity index (χ1v) is 19.3. The molecule has 4 aromatic rings. The summed E-state index contributed by atoms with van der Waals surface area (Å²) in [5.74, 6) is -0.549. The van der Waals surface area contributed by atoms with Crippen molar-refractivity contribution in [3.63, 3.8) is 0 Å². The molecule has 0 aromatic carbocycles. The van der Waals surface area contributed by atoms with Crippen LogP contribution in [0.1, 0.15) is 12.5 Å². The second kappa shape index (κ2) is 14.3. The second-order valence-corrected chi connectivity index (χ2v) is 16.1. The number of fused-ring (bicyclic) bond motifs is 2. The van der Waals surface area contributed by atoms with Crippen molar-refractivity contribution in [1.29, 1.82) is 0 Å². The van der Waals surface area contributed by atoms with Crippen molar-refractivity contribution >= 4 is 57.7 Å². The smallest absolute Gasteiger partial charge is 0.387 e. The average Bonchev–Trinajstić information content (AvgIpc) is 3.76. The Bertz CT molecular complexity index is 2300. The summed E-state index contributed by atoms with van der Waals surface area (Å²) in [5, 5.41) is 31.9. The van der Waals surface area contributed by atoms with E-state index in [2.05, 4.69) is 38.1 Å². The van der Waals surface area contributed by atoms with Gasteiger partial charge in [0, 0.05) is 7.11 Å². The van der Waals surface area contributed by atoms with Gasteiger partial charge in [-0.2, -0.15) is 13.6 Å². The van der Waals surface area contributed by atoms with Crippen molar-refractivity contribution < 1.29 is 80.1 Å². The molecule has 4 aromatic heterocycles. The van der Waals surface area contributed by atoms with E-state index in [1.165, 1.54) is 22.5 Å². The van der Waals surface area contributed by atoms with Gasteiger partial charge in [0.25, 0.3) is 17.1 Å². The fourth-order valence-corrected chi connectivity index (χ4v) is 9.24. The number of phosphoric acid groups is 3. The molecule has 6 heterocycles. The van der Waals surface area contributed by atoms with Crippen molar-refractivity contribution in [2.24, 2.45) is 7.05 Å². The number of methoxy groups -OCH3 is 1. The highest BCUT2D eigenvalue weighted by Crippen LogP contribution is 2.67. The molecule has 31 heteroatoms. The summed E-state index contributed by atoms with van der Waals surface area (Å²) >= 11 is 0. The molecular formula is C22H32N10O18P3+. The fraction of sp³-hybridized carbons (Fsp3) is 0.545. The molecule has 11 atom stereocenters. The Kier molecular flexibility index (Phi) is 10.6. The van der Waals surface area contributed by atoms with Crippen LogP contribution in [0.15, 0.2) is 22.2 Å². The van der Waals surface area contributed by atoms with Crippen molar-refractivity contribution in [2.45, 2.75) is 49.1 Å². The van der Waals surface area contributed by atoms with Gasteiger partial charge in [0.15, 0.2) is 23.7 Å². The van der Waals surface area contributed by atoms with E-state index in [9.17, 15) is 53.3 Å². The van der Waals surface area contributed by atoms with E-state index in [0.717, 1.165) is 18.0 Å². The molecule has 12 N–H and O–H groups in total. The molecule has 0 saturated carbocycles. The van der Waals surface area contributed by atoms with E-state index in [4.69, 9.17) is 30.2 Å². The van der Waals surface area contributed by atoms with Crippen LogP contribution in [0.25, 0.3) is 22.3 Å². The highest BCUT2D eigenvalue weighted by Gasteiger charge is 2.51. The Morgan fingerprint density at radius 1 is 0.887 bits per heavy atom. The molecule has 0 bridgehead atoms. The summed E-state index contributed by atoms with van der Waals surface area (Å²) in [7, 11) is -14.6. The first-order valence-electron chi connectivity index (χ1n) is 14.8. The zero-order valence-electron chi connectivity index (χ0n) is 26.9. The molecule has 292 valence electrons. The van der Waals surface area contributed by atoms with Gasteiger partial charge in [-0.15, -0.1) is 0 Å². The lowest BCUT2D eigenvalue weighted by Gasteiger charge is -2.21. The molecule has 0 spiro atoms. The number of nitrogens with zero attached hydrogens (tertiary/aromatic N) is 6. The molecule has 6 rings (SSSR count). The van der Waals surface area contributed by atoms with Crippen LogP contribution in [-0.4, -0.2) is 121 Å². The molecule has 0 amide bonds. The molecule has 7 unspecified atom stereocenters. The van der Waals surface area contributed by atoms with Crippen LogP contribution in [0, 0.1) is 0 Å². The largest absolute Gasteiger partial charge is 0.490 e. The SMILES string of the molecule is COC1C(O)[C@H]([n+]2cn(C)c3c(=O)[nH]c(N)nc32)O[C@@H]1COP(=O)(O)OP(=O)(O)OP(=O)(O)OC[C@H]1O[C@@H](n2cnc3c(=O)[nH]c(N)nc32)C(O)C1O. The molecule has 2 aliphatic rings. The number of nitrogens with one attached hydrogen (secondary N) is 2. The van der Waals surface area contributed by atoms with Crippen LogP contribution in [0.4, 0.5) is 11.9 Å². The highest BCUT2D eigenvalue weighted by atomic mass is 31.3. The normalized spacial score (nSPS) is 29.7. The summed E-state index contributed by atoms with van der Waals surface area (Å²) < 4.78 is 75.3. The molecule has 2 saturated heterocycles. The molecular weight excluding hydrogens is 785 g/mol. The number of aromatic nitrogens is 8. The van der Waals surface area contributed by atoms with Gasteiger partial charge in [0.1, 0.15) is 36.6 Å². The number of phosphoric ester groups is 2. The minimum Gasteiger partial charge on any atom is -0.387 e. The van der Waals surface area contributed by atoms with Gasteiger partial charge in [-0.25, -0.2) is 23.2 Å². The third-order valence-corrected chi connectivity index (χ3v) is 12.2. The van der Waals surface area contributed by atoms with Crippen LogP contribution in [-0.2, 0) is 52.6 Å². The minimum atomic E-state index is -5.98. The molecule has 2 aliphatic heterocycles. The third kappa shape index (κ3) is 7.85. The monoisotopic (exact) mass is 817 g/mol. The van der Waals surface area contributed by atoms with E-state index < -0.39 is 96.9 Å². The van der Waals surface area contributed by atoms with Gasteiger partial charge in [-0.3, -0.25) is 37.7 Å². The summed E-state index contributed by atoms with van der Waals surface area (Å²) in [6.45, 7) is -2.03. The summed E-state index contributed by atoms with van der Waals surface area (Å²) in [6, 6.07) is 0. The number of nitrogens with two attached hydrogens (primary N) is 2. The maximum atomic E-state index is 12.6. The number of ether oxygens (including phenoxy) is 3. The number of rotatable bonds is 13. The Morgan fingerprint density at radius 3 is 2.13 bits per heavy atom. The van der Waals surface area contributed by atoms with Gasteiger partial charge >= 0.3 is 29.1 Å². The Hall–Kier alpha value is -3.53. The first-order chi connectivity index (χ1) is 24.7. The van der Waals surface area contributed by atoms with Crippen LogP contribution < -0.4 is 27.2 Å². The quantitative estimate of drug-likeness (QED) is 0.0455. The van der Waals surface area contributed by atoms with E-state index >= 15 is 0 Å². The number of aryl methyl sites for hydroxylation is 1. The number of hydrogen-bond donors (Lipinski definition) is 10. The standard InChI is InChI=1S/C22H31N10O18P3/c1-30-6-32(16-10(30)18(37)29-22(24)27-16)20-13(35)14(44-2)8(48-20)4-46-52(40,41)50-53(42,43)49-51(38,39)45-3-7-11(33)12(34)19(47-7)31-5-25-9-15(31)26-21(23)28-17(9)36/h5-8,11-14,19-20,33-35H,3-4H2,1-2H3,(H8-,23,24,26,27,28,29,36,37,38,39,40,41,42,43)/p+1/t7-,8-,11?,12?,13?,14?,19-,20-/m1/s1. The van der Waals surface area contributed by atoms with Gasteiger partial charge in [-0.1, -0.05) is 4.98 Å². The molecule has 2 fully saturated rings. The number of nitrogen functional groups attached to an aromatic ring is 2. The highest BCUT2D eigenvalue weighted by molar-refractivity contribution is 7.66. The predicted octanol–water partition coefficient (Wildman–Crippen LogP) is -3.89. The van der Waals surface area contributed by atoms with Crippen molar-refractivity contribution in [3.8, 4) is 0 Å². The summed E-state index contributed by atoms with van der Waals surface area (Å²) in [5.41, 5.74) is 9.60. The first kappa shape index (κ1) is 39.2. The van der Waals surface area contributed by atoms with E-state index in [0.29, 0.717) is 0 Å². The Balaban J connectivity index is 1.06. The Morgan fingerprint density at radius 2 is 1.49 bits per heavy atom. The zero-order valence-corrected chi connectivity index (χ0v) is 29.6. The van der Waals surface area contributed by atoms with Crippen molar-refractivity contribution in [1.82, 2.24) is 34.1 Å². The van der Waals surface area contributed by atoms with Crippen LogP contribution >= 0.6 is 23.5 Å². The van der Waals surface area contributed by atoms with Crippen LogP contribution in [0.3, 0.4) is 0 Å². The average molecular weight is 817 g/mol. The second-order valence-electron chi connectivity index (χ2n) is 11.5. The number of hydrogen-bond acceptors (Lipinski definition) is 20. The van der Waals surface area contributed by atoms with Crippen molar-refractivity contribution in [2.75, 3.05) is 31.8 Å². The fourth-order valence-electron chi connectivity index (χ4n) is 5.71. The van der Waals surface area contributed by atoms with Gasteiger partial charge in [-0.05, 0) is 0 Å². The topological polar surface area (TPSA) is 407 Å². The lowest BCUT2D eigenvalue weighted by Crippen LogP contribution is -2.46. The number of anilines is 2. The Labute approximate surface area is 293 Å². The predicted molar refractivity (Wildman–Crippen MR) is 169 cm³/mol. The number of aromatic amines is 2. The van der Waals surface area contributed by atoms with Crippen molar-refractivity contribution in [3.05, 3.63) is 33.4 Å². The number of aliphatic hydroxyl groups excluding tert-OH is 3. The zero-order chi connectivity index (χ0) is 38.8. The van der Waals surface area contributed by atoms with E-state index in [-0.39, 0.29) is 34.2 Å². The van der Waals surface area contributed by atoms with E-state index in [1.807, 2.05) is 0 Å². The maximum Gasteiger partial charge on any atom is 0.490 e. The van der Waals surface area contributed by atoms with Crippen LogP contribution in [0.5, 0.6) is 0 Å². The summed E-state index contributed by atoms with van der Waals surface area (Å²) in [6.07, 6.45) is -9.74. The minimum absolute atomic E-state index is 0.00284. The van der Waals surface area contributed by atoms with Gasteiger partial charge < -0.3 is 55.7 Å². The molecule has 28 nitrogen and oxygen atoms in total. The maximum absolute atomic E-state index is 12.6. The van der Waals surface area contributed by atoms with Crippen LogP contribution in [0.2, 0.25) is 0 Å². The summed E-state index contributed by atoms with van der Waals surface area (Å²) in [4.78, 5) is 71.0. The number of aliphatic hydroxyl groups is 3. The third-order valence-electron chi connectivity index (χ3n) is 7.92. The number of imidazole rings is 2. The lowest BCUT2D eigenvalue weighted by molar-refractivity contribution is -0.745. The van der Waals surface area contributed by atoms with Gasteiger partial charge in [0.2, 0.25) is 17.7 Å². The number of H-pyrrole nitrogens is 2. The molecule has 53 heavy (non-hydrogen) atoms. The lowest BCUT2D eigenvalue weighted by atomic mass is 10.1. The molecule has 0 aliphatic carbocycles.